The molecule has 0 spiro atoms. The van der Waals surface area contributed by atoms with Crippen LogP contribution in [0.5, 0.6) is 0 Å². The van der Waals surface area contributed by atoms with Gasteiger partial charge >= 0.3 is 0 Å². The molecule has 6 nitrogen and oxygen atoms in total. The molecule has 98 valence electrons. The molecule has 1 aliphatic heterocycles. The van der Waals surface area contributed by atoms with Gasteiger partial charge in [-0.15, -0.1) is 11.3 Å². The number of hydrogen-bond donors (Lipinski definition) is 2. The lowest BCUT2D eigenvalue weighted by Crippen LogP contribution is -2.43. The van der Waals surface area contributed by atoms with E-state index in [0.29, 0.717) is 18.0 Å². The van der Waals surface area contributed by atoms with Crippen LogP contribution in [-0.2, 0) is 10.0 Å². The minimum absolute atomic E-state index is 0.126. The number of nitriles is 1. The molecule has 1 aromatic heterocycles. The number of likely N-dealkylation sites (N-methyl/N-ethyl adjacent to an activating group) is 1. The highest BCUT2D eigenvalue weighted by atomic mass is 32.2. The van der Waals surface area contributed by atoms with Crippen molar-refractivity contribution in [2.75, 3.05) is 20.1 Å². The Bertz CT molecular complexity index is 575. The molecule has 1 saturated heterocycles. The molecule has 0 unspecified atom stereocenters. The van der Waals surface area contributed by atoms with Crippen LogP contribution in [0.4, 0.5) is 0 Å². The minimum atomic E-state index is -3.64. The van der Waals surface area contributed by atoms with Crippen LogP contribution in [0, 0.1) is 11.3 Å². The average Bonchev–Trinajstić information content (AvgIpc) is 2.96. The Morgan fingerprint density at radius 1 is 1.56 bits per heavy atom. The molecule has 2 N–H and O–H groups in total. The van der Waals surface area contributed by atoms with Gasteiger partial charge in [0.05, 0.1) is 12.1 Å². The van der Waals surface area contributed by atoms with Crippen LogP contribution in [0.1, 0.15) is 4.88 Å². The summed E-state index contributed by atoms with van der Waals surface area (Å²) in [6.45, 7) is 0.811. The molecule has 0 aromatic carbocycles. The van der Waals surface area contributed by atoms with E-state index in [2.05, 4.69) is 5.32 Å². The number of nitrogens with one attached hydrogen (secondary N) is 1. The highest BCUT2D eigenvalue weighted by Crippen LogP contribution is 2.26. The zero-order valence-corrected chi connectivity index (χ0v) is 11.3. The van der Waals surface area contributed by atoms with Crippen LogP contribution in [0.25, 0.3) is 0 Å². The van der Waals surface area contributed by atoms with Gasteiger partial charge in [-0.05, 0) is 12.1 Å². The van der Waals surface area contributed by atoms with E-state index in [4.69, 9.17) is 5.26 Å². The summed E-state index contributed by atoms with van der Waals surface area (Å²) in [5.41, 5.74) is 0. The molecule has 8 heteroatoms. The number of β-amino-alcohol motifs (C(OH)–C–C–N with tert-alkyl or cyclic N) is 1. The largest absolute Gasteiger partial charge is 0.390 e. The fraction of sp³-hybridized carbons (Fsp3) is 0.500. The summed E-state index contributed by atoms with van der Waals surface area (Å²) in [6.07, 6.45) is -0.708. The van der Waals surface area contributed by atoms with Crippen molar-refractivity contribution in [3.8, 4) is 6.07 Å². The Balaban J connectivity index is 2.28. The SMILES string of the molecule is CN([C@H]1CNC[C@@H]1O)S(=O)(=O)c1ccc(C#N)s1. The maximum atomic E-state index is 12.3. The molecular formula is C10H13N3O3S2. The molecule has 2 rings (SSSR count). The second-order valence-electron chi connectivity index (χ2n) is 4.04. The van der Waals surface area contributed by atoms with Gasteiger partial charge in [0.1, 0.15) is 15.2 Å². The summed E-state index contributed by atoms with van der Waals surface area (Å²) in [7, 11) is -2.20. The van der Waals surface area contributed by atoms with E-state index in [-0.39, 0.29) is 4.21 Å². The highest BCUT2D eigenvalue weighted by Gasteiger charge is 2.36. The second kappa shape index (κ2) is 4.95. The second-order valence-corrected chi connectivity index (χ2v) is 7.35. The molecule has 0 amide bonds. The van der Waals surface area contributed by atoms with Crippen molar-refractivity contribution in [2.45, 2.75) is 16.4 Å². The molecule has 1 aromatic rings. The number of hydrogen-bond acceptors (Lipinski definition) is 6. The van der Waals surface area contributed by atoms with Gasteiger partial charge in [-0.2, -0.15) is 9.57 Å². The third-order valence-corrected chi connectivity index (χ3v) is 6.28. The number of nitrogens with zero attached hydrogens (tertiary/aromatic N) is 2. The van der Waals surface area contributed by atoms with E-state index in [0.717, 1.165) is 11.3 Å². The summed E-state index contributed by atoms with van der Waals surface area (Å²) >= 11 is 0.935. The van der Waals surface area contributed by atoms with Crippen LogP contribution in [-0.4, -0.2) is 50.1 Å². The smallest absolute Gasteiger partial charge is 0.252 e. The highest BCUT2D eigenvalue weighted by molar-refractivity contribution is 7.91. The average molecular weight is 287 g/mol. The van der Waals surface area contributed by atoms with Gasteiger partial charge in [0.25, 0.3) is 10.0 Å². The summed E-state index contributed by atoms with van der Waals surface area (Å²) in [4.78, 5) is 0.354. The third-order valence-electron chi connectivity index (χ3n) is 2.94. The lowest BCUT2D eigenvalue weighted by atomic mass is 10.2. The lowest BCUT2D eigenvalue weighted by molar-refractivity contribution is 0.136. The molecule has 0 radical (unpaired) electrons. The first-order chi connectivity index (χ1) is 8.46. The zero-order valence-electron chi connectivity index (χ0n) is 9.70. The molecule has 2 heterocycles. The van der Waals surface area contributed by atoms with Crippen molar-refractivity contribution < 1.29 is 13.5 Å². The molecule has 0 aliphatic carbocycles. The van der Waals surface area contributed by atoms with Crippen molar-refractivity contribution in [2.24, 2.45) is 0 Å². The van der Waals surface area contributed by atoms with E-state index < -0.39 is 22.2 Å². The fourth-order valence-corrected chi connectivity index (χ4v) is 4.53. The van der Waals surface area contributed by atoms with Gasteiger partial charge < -0.3 is 10.4 Å². The Hall–Kier alpha value is -0.980. The monoisotopic (exact) mass is 287 g/mol. The standard InChI is InChI=1S/C10H13N3O3S2/c1-13(8-5-12-6-9(8)14)18(15,16)10-3-2-7(4-11)17-10/h2-3,8-9,12,14H,5-6H2,1H3/t8-,9-/m0/s1. The maximum Gasteiger partial charge on any atom is 0.252 e. The van der Waals surface area contributed by atoms with E-state index in [1.54, 1.807) is 0 Å². The number of aliphatic hydroxyl groups excluding tert-OH is 1. The van der Waals surface area contributed by atoms with Crippen LogP contribution in [0.15, 0.2) is 16.3 Å². The number of rotatable bonds is 3. The minimum Gasteiger partial charge on any atom is -0.390 e. The van der Waals surface area contributed by atoms with Crippen LogP contribution in [0.3, 0.4) is 0 Å². The molecule has 0 saturated carbocycles. The van der Waals surface area contributed by atoms with E-state index in [1.165, 1.54) is 23.5 Å². The van der Waals surface area contributed by atoms with Gasteiger partial charge in [-0.25, -0.2) is 8.42 Å². The Labute approximate surface area is 110 Å². The molecule has 1 aliphatic rings. The molecule has 18 heavy (non-hydrogen) atoms. The van der Waals surface area contributed by atoms with Gasteiger partial charge in [0.2, 0.25) is 0 Å². The van der Waals surface area contributed by atoms with Crippen molar-refractivity contribution in [3.63, 3.8) is 0 Å². The molecule has 0 bridgehead atoms. The maximum absolute atomic E-state index is 12.3. The Morgan fingerprint density at radius 3 is 2.78 bits per heavy atom. The topological polar surface area (TPSA) is 93.4 Å². The van der Waals surface area contributed by atoms with Gasteiger partial charge in [-0.1, -0.05) is 0 Å². The summed E-state index contributed by atoms with van der Waals surface area (Å²) in [5.74, 6) is 0. The predicted octanol–water partition coefficient (Wildman–Crippen LogP) is -0.427. The van der Waals surface area contributed by atoms with Crippen molar-refractivity contribution in [1.82, 2.24) is 9.62 Å². The van der Waals surface area contributed by atoms with Crippen LogP contribution >= 0.6 is 11.3 Å². The van der Waals surface area contributed by atoms with Gasteiger partial charge in [0.15, 0.2) is 0 Å². The third kappa shape index (κ3) is 2.28. The number of aliphatic hydroxyl groups is 1. The van der Waals surface area contributed by atoms with Gasteiger partial charge in [0, 0.05) is 20.1 Å². The molecule has 1 fully saturated rings. The summed E-state index contributed by atoms with van der Waals surface area (Å²) < 4.78 is 25.9. The first kappa shape index (κ1) is 13.5. The van der Waals surface area contributed by atoms with E-state index in [9.17, 15) is 13.5 Å². The Morgan fingerprint density at radius 2 is 2.28 bits per heavy atom. The van der Waals surface area contributed by atoms with E-state index >= 15 is 0 Å². The summed E-state index contributed by atoms with van der Waals surface area (Å²) in [5, 5.41) is 21.4. The van der Waals surface area contributed by atoms with Crippen LogP contribution < -0.4 is 5.32 Å². The summed E-state index contributed by atoms with van der Waals surface area (Å²) in [6, 6.07) is 4.34. The van der Waals surface area contributed by atoms with E-state index in [1.807, 2.05) is 6.07 Å². The number of sulfonamides is 1. The lowest BCUT2D eigenvalue weighted by Gasteiger charge is -2.24. The van der Waals surface area contributed by atoms with Crippen molar-refractivity contribution >= 4 is 21.4 Å². The van der Waals surface area contributed by atoms with Crippen LogP contribution in [0.2, 0.25) is 0 Å². The molecular weight excluding hydrogens is 274 g/mol. The first-order valence-corrected chi connectivity index (χ1v) is 7.59. The van der Waals surface area contributed by atoms with Crippen molar-refractivity contribution in [1.29, 1.82) is 5.26 Å². The predicted molar refractivity (Wildman–Crippen MR) is 66.6 cm³/mol. The van der Waals surface area contributed by atoms with Crippen molar-refractivity contribution in [3.05, 3.63) is 17.0 Å². The number of thiophene rings is 1. The fourth-order valence-electron chi connectivity index (χ4n) is 1.86. The molecule has 2 atom stereocenters. The quantitative estimate of drug-likeness (QED) is 0.787. The van der Waals surface area contributed by atoms with Gasteiger partial charge in [-0.3, -0.25) is 0 Å². The Kier molecular flexibility index (Phi) is 3.70. The normalized spacial score (nSPS) is 24.3. The zero-order chi connectivity index (χ0) is 13.3. The first-order valence-electron chi connectivity index (χ1n) is 5.33.